The number of rotatable bonds is 8. The SMILES string of the molecule is C#CC(=O)N/C(C=C)=C(C#N)/C=C(\C)c1ncnc(Nc2ccc(N3CCN(C4COC4)CC3)cc2)n1. The number of hydrogen-bond donors (Lipinski definition) is 2. The molecule has 0 radical (unpaired) electrons. The molecule has 3 heterocycles. The van der Waals surface area contributed by atoms with Gasteiger partial charge in [-0.05, 0) is 54.8 Å². The van der Waals surface area contributed by atoms with Crippen LogP contribution in [0.5, 0.6) is 0 Å². The quantitative estimate of drug-likeness (QED) is 0.322. The number of piperazine rings is 1. The summed E-state index contributed by atoms with van der Waals surface area (Å²) in [5.41, 5.74) is 2.99. The van der Waals surface area contributed by atoms with Gasteiger partial charge >= 0.3 is 0 Å². The van der Waals surface area contributed by atoms with Gasteiger partial charge in [-0.15, -0.1) is 6.42 Å². The molecule has 2 aliphatic heterocycles. The highest BCUT2D eigenvalue weighted by Gasteiger charge is 2.28. The number of allylic oxidation sites excluding steroid dienone is 4. The number of hydrogen-bond acceptors (Lipinski definition) is 9. The number of nitrogens with zero attached hydrogens (tertiary/aromatic N) is 6. The lowest BCUT2D eigenvalue weighted by atomic mass is 10.1. The first-order valence-corrected chi connectivity index (χ1v) is 11.9. The van der Waals surface area contributed by atoms with Gasteiger partial charge in [0.2, 0.25) is 5.95 Å². The summed E-state index contributed by atoms with van der Waals surface area (Å²) >= 11 is 0. The Hall–Kier alpha value is -4.51. The van der Waals surface area contributed by atoms with E-state index in [1.165, 1.54) is 18.1 Å². The molecular weight excluding hydrogens is 468 g/mol. The van der Waals surface area contributed by atoms with E-state index in [1.54, 1.807) is 13.0 Å². The average Bonchev–Trinajstić information content (AvgIpc) is 2.90. The van der Waals surface area contributed by atoms with Crippen LogP contribution in [0.3, 0.4) is 0 Å². The van der Waals surface area contributed by atoms with Gasteiger partial charge in [-0.3, -0.25) is 9.69 Å². The van der Waals surface area contributed by atoms with E-state index in [0.29, 0.717) is 23.4 Å². The zero-order chi connectivity index (χ0) is 26.2. The molecule has 0 bridgehead atoms. The molecule has 37 heavy (non-hydrogen) atoms. The highest BCUT2D eigenvalue weighted by molar-refractivity contribution is 5.94. The lowest BCUT2D eigenvalue weighted by Crippen LogP contribution is -2.56. The summed E-state index contributed by atoms with van der Waals surface area (Å²) in [7, 11) is 0. The van der Waals surface area contributed by atoms with Gasteiger partial charge in [0.1, 0.15) is 12.4 Å². The third-order valence-electron chi connectivity index (χ3n) is 6.22. The summed E-state index contributed by atoms with van der Waals surface area (Å²) < 4.78 is 5.32. The van der Waals surface area contributed by atoms with E-state index in [9.17, 15) is 10.1 Å². The first kappa shape index (κ1) is 25.6. The number of benzene rings is 1. The molecule has 2 N–H and O–H groups in total. The Morgan fingerprint density at radius 2 is 1.95 bits per heavy atom. The van der Waals surface area contributed by atoms with Gasteiger partial charge < -0.3 is 20.3 Å². The maximum absolute atomic E-state index is 11.5. The number of carbonyl (C=O) groups is 1. The smallest absolute Gasteiger partial charge is 0.300 e. The number of carbonyl (C=O) groups excluding carboxylic acids is 1. The highest BCUT2D eigenvalue weighted by atomic mass is 16.5. The van der Waals surface area contributed by atoms with Crippen molar-refractivity contribution in [2.45, 2.75) is 13.0 Å². The van der Waals surface area contributed by atoms with E-state index in [2.05, 4.69) is 54.1 Å². The second kappa shape index (κ2) is 12.0. The maximum atomic E-state index is 11.5. The molecular formula is C27H28N8O2. The van der Waals surface area contributed by atoms with Crippen molar-refractivity contribution in [3.05, 3.63) is 66.4 Å². The highest BCUT2D eigenvalue weighted by Crippen LogP contribution is 2.23. The molecule has 4 rings (SSSR count). The zero-order valence-corrected chi connectivity index (χ0v) is 20.6. The monoisotopic (exact) mass is 496 g/mol. The van der Waals surface area contributed by atoms with Gasteiger partial charge in [0.25, 0.3) is 5.91 Å². The number of anilines is 3. The van der Waals surface area contributed by atoms with E-state index in [0.717, 1.165) is 45.1 Å². The molecule has 0 saturated carbocycles. The van der Waals surface area contributed by atoms with Crippen LogP contribution in [-0.4, -0.2) is 71.2 Å². The van der Waals surface area contributed by atoms with E-state index < -0.39 is 5.91 Å². The second-order valence-electron chi connectivity index (χ2n) is 8.59. The Balaban J connectivity index is 1.41. The Labute approximate surface area is 216 Å². The molecule has 0 atom stereocenters. The first-order valence-electron chi connectivity index (χ1n) is 11.9. The number of aromatic nitrogens is 3. The molecule has 1 aromatic carbocycles. The van der Waals surface area contributed by atoms with Crippen LogP contribution >= 0.6 is 0 Å². The Morgan fingerprint density at radius 3 is 2.54 bits per heavy atom. The summed E-state index contributed by atoms with van der Waals surface area (Å²) in [6.07, 6.45) is 9.40. The summed E-state index contributed by atoms with van der Waals surface area (Å²) in [5, 5.41) is 15.2. The Kier molecular flexibility index (Phi) is 8.26. The van der Waals surface area contributed by atoms with E-state index in [4.69, 9.17) is 11.2 Å². The maximum Gasteiger partial charge on any atom is 0.300 e. The minimum Gasteiger partial charge on any atom is -0.378 e. The zero-order valence-electron chi connectivity index (χ0n) is 20.6. The molecule has 1 aromatic heterocycles. The van der Waals surface area contributed by atoms with Gasteiger partial charge in [-0.1, -0.05) is 6.58 Å². The van der Waals surface area contributed by atoms with Crippen molar-refractivity contribution in [2.24, 2.45) is 0 Å². The number of terminal acetylenes is 1. The molecule has 1 amide bonds. The standard InChI is InChI=1S/C27H28N8O2/c1-4-24(32-25(36)5-2)20(15-28)14-19(3)26-29-18-30-27(33-26)31-21-6-8-22(9-7-21)34-10-12-35(13-11-34)23-16-37-17-23/h2,4,6-9,14,18,23H,1,10-13,16-17H2,3H3,(H,32,36)(H,29,30,31,33)/b19-14+,24-20-. The lowest BCUT2D eigenvalue weighted by molar-refractivity contribution is -0.114. The fourth-order valence-corrected chi connectivity index (χ4v) is 4.05. The summed E-state index contributed by atoms with van der Waals surface area (Å²) in [6.45, 7) is 11.2. The largest absolute Gasteiger partial charge is 0.378 e. The summed E-state index contributed by atoms with van der Waals surface area (Å²) in [4.78, 5) is 29.3. The van der Waals surface area contributed by atoms with Gasteiger partial charge in [0, 0.05) is 37.6 Å². The Bertz CT molecular complexity index is 1290. The number of nitrogens with one attached hydrogen (secondary N) is 2. The van der Waals surface area contributed by atoms with Crippen LogP contribution in [0, 0.1) is 23.7 Å². The summed E-state index contributed by atoms with van der Waals surface area (Å²) in [5.74, 6) is 2.02. The van der Waals surface area contributed by atoms with Crippen LogP contribution in [0.25, 0.3) is 5.57 Å². The fraction of sp³-hybridized carbons (Fsp3) is 0.296. The van der Waals surface area contributed by atoms with Crippen molar-refractivity contribution >= 4 is 28.8 Å². The van der Waals surface area contributed by atoms with E-state index in [1.807, 2.05) is 24.1 Å². The van der Waals surface area contributed by atoms with Gasteiger partial charge in [0.15, 0.2) is 5.82 Å². The van der Waals surface area contributed by atoms with Crippen molar-refractivity contribution in [3.63, 3.8) is 0 Å². The number of ether oxygens (including phenoxy) is 1. The van der Waals surface area contributed by atoms with Crippen molar-refractivity contribution in [1.29, 1.82) is 5.26 Å². The molecule has 2 saturated heterocycles. The average molecular weight is 497 g/mol. The molecule has 10 heteroatoms. The molecule has 2 fully saturated rings. The molecule has 0 spiro atoms. The topological polar surface area (TPSA) is 119 Å². The minimum atomic E-state index is -0.669. The van der Waals surface area contributed by atoms with Crippen LogP contribution in [0.1, 0.15) is 12.7 Å². The summed E-state index contributed by atoms with van der Waals surface area (Å²) in [6, 6.07) is 10.8. The van der Waals surface area contributed by atoms with E-state index in [-0.39, 0.29) is 11.3 Å². The number of nitriles is 1. The molecule has 10 nitrogen and oxygen atoms in total. The minimum absolute atomic E-state index is 0.170. The molecule has 2 aromatic rings. The third kappa shape index (κ3) is 6.39. The molecule has 2 aliphatic rings. The van der Waals surface area contributed by atoms with Gasteiger partial charge in [-0.25, -0.2) is 9.97 Å². The van der Waals surface area contributed by atoms with Gasteiger partial charge in [0.05, 0.1) is 30.5 Å². The predicted octanol–water partition coefficient (Wildman–Crippen LogP) is 2.25. The van der Waals surface area contributed by atoms with Crippen molar-refractivity contribution < 1.29 is 9.53 Å². The van der Waals surface area contributed by atoms with Crippen molar-refractivity contribution in [1.82, 2.24) is 25.2 Å². The van der Waals surface area contributed by atoms with Gasteiger partial charge in [-0.2, -0.15) is 10.2 Å². The second-order valence-corrected chi connectivity index (χ2v) is 8.59. The van der Waals surface area contributed by atoms with E-state index >= 15 is 0 Å². The first-order chi connectivity index (χ1) is 18.0. The van der Waals surface area contributed by atoms with Crippen LogP contribution in [0.4, 0.5) is 17.3 Å². The van der Waals surface area contributed by atoms with Crippen molar-refractivity contribution in [3.8, 4) is 18.4 Å². The molecule has 188 valence electrons. The third-order valence-corrected chi connectivity index (χ3v) is 6.22. The number of amides is 1. The van der Waals surface area contributed by atoms with Crippen LogP contribution in [-0.2, 0) is 9.53 Å². The fourth-order valence-electron chi connectivity index (χ4n) is 4.05. The van der Waals surface area contributed by atoms with Crippen molar-refractivity contribution in [2.75, 3.05) is 49.6 Å². The Morgan fingerprint density at radius 1 is 1.22 bits per heavy atom. The predicted molar refractivity (Wildman–Crippen MR) is 141 cm³/mol. The van der Waals surface area contributed by atoms with Crippen LogP contribution in [0.2, 0.25) is 0 Å². The van der Waals surface area contributed by atoms with Crippen LogP contribution < -0.4 is 15.5 Å². The van der Waals surface area contributed by atoms with Crippen LogP contribution in [0.15, 0.2) is 60.6 Å². The normalized spacial score (nSPS) is 17.1. The molecule has 0 aliphatic carbocycles. The molecule has 0 unspecified atom stereocenters. The lowest BCUT2D eigenvalue weighted by Gasteiger charge is -2.43.